The van der Waals surface area contributed by atoms with Crippen LogP contribution in [0.3, 0.4) is 0 Å². The van der Waals surface area contributed by atoms with E-state index in [2.05, 4.69) is 27.8 Å². The van der Waals surface area contributed by atoms with Gasteiger partial charge in [0.25, 0.3) is 0 Å². The number of benzene rings is 1. The first-order chi connectivity index (χ1) is 14.0. The Morgan fingerprint density at radius 2 is 2.10 bits per heavy atom. The zero-order valence-corrected chi connectivity index (χ0v) is 18.3. The Morgan fingerprint density at radius 1 is 1.31 bits per heavy atom. The number of para-hydroxylation sites is 2. The standard InChI is InChI=1S/C21H28N6OS/c1-5-18-22-15-9-6-7-10-16(15)27(18)13-14(2)20(28)26-12-8-11-17(26)19-23-24-21(29-4)25(19)3/h6-7,9-10,14,17H,5,8,11-13H2,1-4H3. The van der Waals surface area contributed by atoms with Gasteiger partial charge in [-0.05, 0) is 31.2 Å². The molecular weight excluding hydrogens is 384 g/mol. The first-order valence-electron chi connectivity index (χ1n) is 10.2. The lowest BCUT2D eigenvalue weighted by Gasteiger charge is -2.27. The smallest absolute Gasteiger partial charge is 0.227 e. The molecule has 3 aromatic rings. The highest BCUT2D eigenvalue weighted by molar-refractivity contribution is 7.98. The number of hydrogen-bond donors (Lipinski definition) is 0. The summed E-state index contributed by atoms with van der Waals surface area (Å²) >= 11 is 1.57. The molecule has 1 aliphatic heterocycles. The Labute approximate surface area is 175 Å². The second-order valence-corrected chi connectivity index (χ2v) is 8.45. The quantitative estimate of drug-likeness (QED) is 0.580. The number of carbonyl (C=O) groups is 1. The average Bonchev–Trinajstić information content (AvgIpc) is 3.44. The molecule has 7 nitrogen and oxygen atoms in total. The van der Waals surface area contributed by atoms with E-state index in [0.29, 0.717) is 6.54 Å². The number of thioether (sulfide) groups is 1. The van der Waals surface area contributed by atoms with Crippen molar-refractivity contribution < 1.29 is 4.79 Å². The van der Waals surface area contributed by atoms with Crippen molar-refractivity contribution in [3.8, 4) is 0 Å². The molecule has 2 atom stereocenters. The van der Waals surface area contributed by atoms with Gasteiger partial charge < -0.3 is 14.0 Å². The van der Waals surface area contributed by atoms with Crippen LogP contribution >= 0.6 is 11.8 Å². The van der Waals surface area contributed by atoms with Crippen LogP contribution in [-0.2, 0) is 24.8 Å². The molecule has 0 radical (unpaired) electrons. The number of aromatic nitrogens is 5. The van der Waals surface area contributed by atoms with Crippen LogP contribution in [0.1, 0.15) is 44.4 Å². The van der Waals surface area contributed by atoms with Crippen LogP contribution in [0.15, 0.2) is 29.4 Å². The Balaban J connectivity index is 1.57. The Kier molecular flexibility index (Phi) is 5.63. The van der Waals surface area contributed by atoms with Crippen molar-refractivity contribution in [2.75, 3.05) is 12.8 Å². The topological polar surface area (TPSA) is 68.8 Å². The minimum atomic E-state index is -0.133. The second kappa shape index (κ2) is 8.18. The molecule has 8 heteroatoms. The third-order valence-corrected chi connectivity index (χ3v) is 6.53. The van der Waals surface area contributed by atoms with E-state index in [1.807, 2.05) is 47.9 Å². The molecule has 3 heterocycles. The third-order valence-electron chi connectivity index (χ3n) is 5.81. The van der Waals surface area contributed by atoms with Gasteiger partial charge in [-0.25, -0.2) is 4.98 Å². The number of rotatable bonds is 6. The van der Waals surface area contributed by atoms with Crippen molar-refractivity contribution in [1.82, 2.24) is 29.2 Å². The lowest BCUT2D eigenvalue weighted by molar-refractivity contribution is -0.136. The Morgan fingerprint density at radius 3 is 2.83 bits per heavy atom. The molecule has 0 aliphatic carbocycles. The van der Waals surface area contributed by atoms with Gasteiger partial charge in [-0.1, -0.05) is 37.7 Å². The number of amides is 1. The maximum absolute atomic E-state index is 13.4. The number of aryl methyl sites for hydroxylation is 1. The molecule has 1 saturated heterocycles. The van der Waals surface area contributed by atoms with E-state index in [1.54, 1.807) is 11.8 Å². The predicted molar refractivity (Wildman–Crippen MR) is 115 cm³/mol. The molecule has 0 saturated carbocycles. The van der Waals surface area contributed by atoms with Gasteiger partial charge in [0.2, 0.25) is 5.91 Å². The number of fused-ring (bicyclic) bond motifs is 1. The van der Waals surface area contributed by atoms with E-state index in [1.165, 1.54) is 0 Å². The summed E-state index contributed by atoms with van der Waals surface area (Å²) in [5.41, 5.74) is 2.09. The van der Waals surface area contributed by atoms with E-state index in [4.69, 9.17) is 4.98 Å². The predicted octanol–water partition coefficient (Wildman–Crippen LogP) is 3.45. The van der Waals surface area contributed by atoms with Crippen LogP contribution in [0.5, 0.6) is 0 Å². The Bertz CT molecular complexity index is 1030. The average molecular weight is 413 g/mol. The van der Waals surface area contributed by atoms with Crippen molar-refractivity contribution in [2.24, 2.45) is 13.0 Å². The molecule has 2 aromatic heterocycles. The van der Waals surface area contributed by atoms with E-state index >= 15 is 0 Å². The van der Waals surface area contributed by atoms with Crippen molar-refractivity contribution in [2.45, 2.75) is 50.9 Å². The molecule has 0 bridgehead atoms. The lowest BCUT2D eigenvalue weighted by atomic mass is 10.1. The minimum absolute atomic E-state index is 0.00790. The zero-order chi connectivity index (χ0) is 20.5. The molecular formula is C21H28N6OS. The Hall–Kier alpha value is -2.35. The number of carbonyl (C=O) groups excluding carboxylic acids is 1. The monoisotopic (exact) mass is 412 g/mol. The molecule has 2 unspecified atom stereocenters. The fourth-order valence-electron chi connectivity index (χ4n) is 4.33. The van der Waals surface area contributed by atoms with Gasteiger partial charge in [-0.15, -0.1) is 10.2 Å². The molecule has 1 aromatic carbocycles. The molecule has 0 N–H and O–H groups in total. The maximum Gasteiger partial charge on any atom is 0.227 e. The molecule has 4 rings (SSSR count). The minimum Gasteiger partial charge on any atom is -0.332 e. The van der Waals surface area contributed by atoms with E-state index in [-0.39, 0.29) is 17.9 Å². The summed E-state index contributed by atoms with van der Waals surface area (Å²) in [5.74, 6) is 1.96. The highest BCUT2D eigenvalue weighted by Gasteiger charge is 2.35. The van der Waals surface area contributed by atoms with Crippen LogP contribution < -0.4 is 0 Å². The summed E-state index contributed by atoms with van der Waals surface area (Å²) in [5, 5.41) is 9.53. The molecule has 154 valence electrons. The van der Waals surface area contributed by atoms with Gasteiger partial charge in [-0.2, -0.15) is 0 Å². The van der Waals surface area contributed by atoms with Crippen LogP contribution in [0, 0.1) is 5.92 Å². The summed E-state index contributed by atoms with van der Waals surface area (Å²) < 4.78 is 4.22. The summed E-state index contributed by atoms with van der Waals surface area (Å²) in [7, 11) is 1.98. The van der Waals surface area contributed by atoms with Crippen LogP contribution in [0.4, 0.5) is 0 Å². The fraction of sp³-hybridized carbons (Fsp3) is 0.524. The van der Waals surface area contributed by atoms with Crippen molar-refractivity contribution in [1.29, 1.82) is 0 Å². The maximum atomic E-state index is 13.4. The van der Waals surface area contributed by atoms with Crippen molar-refractivity contribution in [3.05, 3.63) is 35.9 Å². The second-order valence-electron chi connectivity index (χ2n) is 7.68. The third kappa shape index (κ3) is 3.54. The van der Waals surface area contributed by atoms with E-state index < -0.39 is 0 Å². The molecule has 0 spiro atoms. The van der Waals surface area contributed by atoms with Gasteiger partial charge >= 0.3 is 0 Å². The first kappa shape index (κ1) is 19.9. The number of imidazole rings is 1. The van der Waals surface area contributed by atoms with Crippen LogP contribution in [-0.4, -0.2) is 47.9 Å². The molecule has 29 heavy (non-hydrogen) atoms. The SMILES string of the molecule is CCc1nc2ccccc2n1CC(C)C(=O)N1CCCC1c1nnc(SC)n1C. The van der Waals surface area contributed by atoms with Crippen molar-refractivity contribution >= 4 is 28.7 Å². The molecule has 1 aliphatic rings. The lowest BCUT2D eigenvalue weighted by Crippen LogP contribution is -2.37. The highest BCUT2D eigenvalue weighted by Crippen LogP contribution is 2.33. The van der Waals surface area contributed by atoms with Gasteiger partial charge in [0.15, 0.2) is 11.0 Å². The summed E-state index contributed by atoms with van der Waals surface area (Å²) in [6.07, 6.45) is 4.78. The normalized spacial score (nSPS) is 17.9. The number of likely N-dealkylation sites (tertiary alicyclic amines) is 1. The molecule has 1 fully saturated rings. The van der Waals surface area contributed by atoms with E-state index in [9.17, 15) is 4.79 Å². The zero-order valence-electron chi connectivity index (χ0n) is 17.5. The van der Waals surface area contributed by atoms with Crippen LogP contribution in [0.25, 0.3) is 11.0 Å². The largest absolute Gasteiger partial charge is 0.332 e. The van der Waals surface area contributed by atoms with Crippen LogP contribution in [0.2, 0.25) is 0 Å². The van der Waals surface area contributed by atoms with Gasteiger partial charge in [0.05, 0.1) is 23.0 Å². The number of hydrogen-bond acceptors (Lipinski definition) is 5. The summed E-state index contributed by atoms with van der Waals surface area (Å²) in [4.78, 5) is 20.2. The van der Waals surface area contributed by atoms with E-state index in [0.717, 1.165) is 53.6 Å². The van der Waals surface area contributed by atoms with Gasteiger partial charge in [0, 0.05) is 26.6 Å². The first-order valence-corrected chi connectivity index (χ1v) is 11.5. The highest BCUT2D eigenvalue weighted by atomic mass is 32.2. The fourth-order valence-corrected chi connectivity index (χ4v) is 4.82. The van der Waals surface area contributed by atoms with Gasteiger partial charge in [-0.3, -0.25) is 4.79 Å². The molecule has 1 amide bonds. The summed E-state index contributed by atoms with van der Waals surface area (Å²) in [6, 6.07) is 8.16. The summed E-state index contributed by atoms with van der Waals surface area (Å²) in [6.45, 7) is 5.55. The number of nitrogens with zero attached hydrogens (tertiary/aromatic N) is 6. The van der Waals surface area contributed by atoms with Crippen molar-refractivity contribution in [3.63, 3.8) is 0 Å². The van der Waals surface area contributed by atoms with Gasteiger partial charge in [0.1, 0.15) is 5.82 Å².